The summed E-state index contributed by atoms with van der Waals surface area (Å²) in [6.07, 6.45) is -8.11. The van der Waals surface area contributed by atoms with Crippen LogP contribution in [0, 0.1) is 0 Å². The van der Waals surface area contributed by atoms with Crippen molar-refractivity contribution in [2.75, 3.05) is 26.2 Å². The first-order valence-corrected chi connectivity index (χ1v) is 14.8. The van der Waals surface area contributed by atoms with Crippen LogP contribution in [0.4, 0.5) is 31.1 Å². The Morgan fingerprint density at radius 1 is 0.864 bits per heavy atom. The third-order valence-corrected chi connectivity index (χ3v) is 8.51. The van der Waals surface area contributed by atoms with Crippen molar-refractivity contribution in [3.63, 3.8) is 0 Å². The average molecular weight is 628 g/mol. The summed E-state index contributed by atoms with van der Waals surface area (Å²) in [6, 6.07) is 9.53. The topological polar surface area (TPSA) is 61.9 Å². The van der Waals surface area contributed by atoms with Gasteiger partial charge in [0.25, 0.3) is 0 Å². The zero-order valence-electron chi connectivity index (χ0n) is 25.3. The van der Waals surface area contributed by atoms with E-state index >= 15 is 0 Å². The average Bonchev–Trinajstić information content (AvgIpc) is 2.95. The molecular formula is C32H39F6N3O3. The Morgan fingerprint density at radius 3 is 1.86 bits per heavy atom. The predicted octanol–water partition coefficient (Wildman–Crippen LogP) is 7.33. The fourth-order valence-electron chi connectivity index (χ4n) is 6.11. The molecule has 1 atom stereocenters. The molecular weight excluding hydrogens is 588 g/mol. The van der Waals surface area contributed by atoms with Crippen LogP contribution in [0.25, 0.3) is 0 Å². The minimum atomic E-state index is -4.98. The van der Waals surface area contributed by atoms with Crippen molar-refractivity contribution in [3.8, 4) is 0 Å². The fraction of sp³-hybridized carbons (Fsp3) is 0.562. The molecule has 44 heavy (non-hydrogen) atoms. The number of hydrogen-bond acceptors (Lipinski definition) is 4. The van der Waals surface area contributed by atoms with Gasteiger partial charge >= 0.3 is 18.4 Å². The SMILES string of the molecule is CC(NC(=O)[C@]1(c2ccccc2)CC[C@H](N2CCN(C(=O)OC(C)(C)C)CC2)CC1)c1cc(C(F)(F)F)cc(C(F)(F)F)c1. The molecule has 0 aromatic heterocycles. The molecule has 2 aliphatic rings. The molecule has 4 rings (SSSR count). The molecule has 1 aliphatic heterocycles. The van der Waals surface area contributed by atoms with Crippen LogP contribution in [0.2, 0.25) is 0 Å². The summed E-state index contributed by atoms with van der Waals surface area (Å²) >= 11 is 0. The van der Waals surface area contributed by atoms with Gasteiger partial charge in [0, 0.05) is 32.2 Å². The van der Waals surface area contributed by atoms with Crippen LogP contribution >= 0.6 is 0 Å². The number of nitrogens with one attached hydrogen (secondary N) is 1. The van der Waals surface area contributed by atoms with Crippen molar-refractivity contribution in [1.82, 2.24) is 15.1 Å². The van der Waals surface area contributed by atoms with E-state index in [1.165, 1.54) is 6.92 Å². The highest BCUT2D eigenvalue weighted by Gasteiger charge is 2.45. The number of nitrogens with zero attached hydrogens (tertiary/aromatic N) is 2. The number of alkyl halides is 6. The molecule has 2 aromatic carbocycles. The van der Waals surface area contributed by atoms with Crippen LogP contribution in [-0.2, 0) is 27.3 Å². The summed E-state index contributed by atoms with van der Waals surface area (Å²) < 4.78 is 86.3. The van der Waals surface area contributed by atoms with E-state index in [1.807, 2.05) is 39.0 Å². The Balaban J connectivity index is 1.49. The normalized spacial score (nSPS) is 22.8. The van der Waals surface area contributed by atoms with Crippen LogP contribution in [-0.4, -0.2) is 59.6 Å². The molecule has 242 valence electrons. The number of amides is 2. The number of carbonyl (C=O) groups excluding carboxylic acids is 2. The van der Waals surface area contributed by atoms with Gasteiger partial charge in [0.1, 0.15) is 5.60 Å². The standard InChI is InChI=1S/C32H39F6N3O3/c1-21(22-18-24(31(33,34)35)20-25(19-22)32(36,37)38)39-27(42)30(23-8-6-5-7-9-23)12-10-26(11-13-30)40-14-16-41(17-15-40)28(43)44-29(2,3)4/h5-9,18-21,26H,10-17H2,1-4H3,(H,39,42)/t21?,26-,30+. The Bertz CT molecular complexity index is 1270. The lowest BCUT2D eigenvalue weighted by molar-refractivity contribution is -0.143. The molecule has 12 heteroatoms. The first-order chi connectivity index (χ1) is 20.4. The first-order valence-electron chi connectivity index (χ1n) is 14.8. The number of benzene rings is 2. The van der Waals surface area contributed by atoms with Crippen molar-refractivity contribution in [2.45, 2.75) is 88.8 Å². The molecule has 1 unspecified atom stereocenters. The maximum Gasteiger partial charge on any atom is 0.416 e. The van der Waals surface area contributed by atoms with Crippen LogP contribution in [0.1, 0.15) is 81.7 Å². The highest BCUT2D eigenvalue weighted by Crippen LogP contribution is 2.42. The second-order valence-corrected chi connectivity index (χ2v) is 12.7. The molecule has 2 aromatic rings. The second kappa shape index (κ2) is 12.6. The predicted molar refractivity (Wildman–Crippen MR) is 153 cm³/mol. The Hall–Kier alpha value is -3.28. The van der Waals surface area contributed by atoms with Gasteiger partial charge in [-0.3, -0.25) is 9.69 Å². The smallest absolute Gasteiger partial charge is 0.416 e. The summed E-state index contributed by atoms with van der Waals surface area (Å²) in [5, 5.41) is 2.75. The van der Waals surface area contributed by atoms with Crippen molar-refractivity contribution >= 4 is 12.0 Å². The Kier molecular flexibility index (Phi) is 9.63. The van der Waals surface area contributed by atoms with E-state index in [9.17, 15) is 35.9 Å². The van der Waals surface area contributed by atoms with Gasteiger partial charge in [-0.25, -0.2) is 4.79 Å². The van der Waals surface area contributed by atoms with Crippen molar-refractivity contribution in [2.24, 2.45) is 0 Å². The van der Waals surface area contributed by atoms with Gasteiger partial charge in [-0.05, 0) is 82.7 Å². The molecule has 1 heterocycles. The zero-order valence-corrected chi connectivity index (χ0v) is 25.3. The van der Waals surface area contributed by atoms with E-state index < -0.39 is 46.4 Å². The van der Waals surface area contributed by atoms with E-state index in [0.717, 1.165) is 5.56 Å². The van der Waals surface area contributed by atoms with Gasteiger partial charge in [0.2, 0.25) is 5.91 Å². The van der Waals surface area contributed by atoms with E-state index in [-0.39, 0.29) is 23.8 Å². The molecule has 2 amide bonds. The molecule has 1 saturated carbocycles. The van der Waals surface area contributed by atoms with Crippen LogP contribution in [0.3, 0.4) is 0 Å². The monoisotopic (exact) mass is 627 g/mol. The van der Waals surface area contributed by atoms with E-state index in [1.54, 1.807) is 17.0 Å². The number of carbonyl (C=O) groups is 2. The number of piperazine rings is 1. The maximum absolute atomic E-state index is 14.0. The third-order valence-electron chi connectivity index (χ3n) is 8.51. The molecule has 0 radical (unpaired) electrons. The van der Waals surface area contributed by atoms with Crippen molar-refractivity contribution in [3.05, 3.63) is 70.8 Å². The summed E-state index contributed by atoms with van der Waals surface area (Å²) in [6.45, 7) is 9.19. The lowest BCUT2D eigenvalue weighted by Gasteiger charge is -2.45. The summed E-state index contributed by atoms with van der Waals surface area (Å²) in [5.41, 5.74) is -3.96. The number of rotatable bonds is 5. The van der Waals surface area contributed by atoms with E-state index in [4.69, 9.17) is 4.74 Å². The van der Waals surface area contributed by atoms with Crippen LogP contribution in [0.15, 0.2) is 48.5 Å². The van der Waals surface area contributed by atoms with Gasteiger partial charge in [-0.2, -0.15) is 26.3 Å². The minimum Gasteiger partial charge on any atom is -0.444 e. The minimum absolute atomic E-state index is 0.0815. The highest BCUT2D eigenvalue weighted by molar-refractivity contribution is 5.88. The first kappa shape index (κ1) is 33.6. The summed E-state index contributed by atoms with van der Waals surface area (Å²) in [4.78, 5) is 30.4. The number of hydrogen-bond donors (Lipinski definition) is 1. The molecule has 0 bridgehead atoms. The van der Waals surface area contributed by atoms with Crippen molar-refractivity contribution in [1.29, 1.82) is 0 Å². The van der Waals surface area contributed by atoms with Crippen LogP contribution < -0.4 is 5.32 Å². The molecule has 1 aliphatic carbocycles. The molecule has 1 N–H and O–H groups in total. The quantitative estimate of drug-likeness (QED) is 0.353. The van der Waals surface area contributed by atoms with Crippen molar-refractivity contribution < 1.29 is 40.7 Å². The second-order valence-electron chi connectivity index (χ2n) is 12.7. The summed E-state index contributed by atoms with van der Waals surface area (Å²) in [5.74, 6) is -0.435. The fourth-order valence-corrected chi connectivity index (χ4v) is 6.11. The lowest BCUT2D eigenvalue weighted by atomic mass is 9.67. The van der Waals surface area contributed by atoms with E-state index in [0.29, 0.717) is 64.0 Å². The van der Waals surface area contributed by atoms with Gasteiger partial charge in [-0.1, -0.05) is 30.3 Å². The number of halogens is 6. The maximum atomic E-state index is 14.0. The zero-order chi connectivity index (χ0) is 32.5. The number of ether oxygens (including phenoxy) is 1. The lowest BCUT2D eigenvalue weighted by Crippen LogP contribution is -2.55. The van der Waals surface area contributed by atoms with Gasteiger partial charge in [-0.15, -0.1) is 0 Å². The van der Waals surface area contributed by atoms with Gasteiger partial charge < -0.3 is 15.0 Å². The van der Waals surface area contributed by atoms with Gasteiger partial charge in [0.15, 0.2) is 0 Å². The van der Waals surface area contributed by atoms with E-state index in [2.05, 4.69) is 10.2 Å². The largest absolute Gasteiger partial charge is 0.444 e. The Labute approximate surface area is 253 Å². The molecule has 6 nitrogen and oxygen atoms in total. The highest BCUT2D eigenvalue weighted by atomic mass is 19.4. The van der Waals surface area contributed by atoms with Gasteiger partial charge in [0.05, 0.1) is 22.6 Å². The third kappa shape index (κ3) is 7.86. The Morgan fingerprint density at radius 2 is 1.39 bits per heavy atom. The molecule has 0 spiro atoms. The molecule has 1 saturated heterocycles. The summed E-state index contributed by atoms with van der Waals surface area (Å²) in [7, 11) is 0. The molecule has 2 fully saturated rings. The van der Waals surface area contributed by atoms with Crippen LogP contribution in [0.5, 0.6) is 0 Å².